The predicted octanol–water partition coefficient (Wildman–Crippen LogP) is 2.33. The van der Waals surface area contributed by atoms with E-state index >= 15 is 0 Å². The van der Waals surface area contributed by atoms with Crippen molar-refractivity contribution in [1.82, 2.24) is 5.32 Å². The lowest BCUT2D eigenvalue weighted by molar-refractivity contribution is 0.240. The van der Waals surface area contributed by atoms with Gasteiger partial charge >= 0.3 is 9.15 Å². The third kappa shape index (κ3) is 6.73. The minimum Gasteiger partial charge on any atom is -0.315 e. The second-order valence-electron chi connectivity index (χ2n) is 3.99. The molecule has 4 nitrogen and oxygen atoms in total. The molecule has 6 heteroatoms. The van der Waals surface area contributed by atoms with E-state index in [0.717, 1.165) is 25.8 Å². The van der Waals surface area contributed by atoms with Gasteiger partial charge in [-0.05, 0) is 35.5 Å². The van der Waals surface area contributed by atoms with Crippen LogP contribution in [0.25, 0.3) is 0 Å². The topological polar surface area (TPSA) is 66.4 Å². The van der Waals surface area contributed by atoms with Crippen molar-refractivity contribution in [1.29, 1.82) is 0 Å². The highest BCUT2D eigenvalue weighted by molar-refractivity contribution is 8.69. The SMILES string of the molecule is CCC(CC)(CC)CNCCSS(=O)(=O)O. The first-order valence-electron chi connectivity index (χ1n) is 5.71. The highest BCUT2D eigenvalue weighted by Gasteiger charge is 2.22. The molecule has 0 aliphatic carbocycles. The molecule has 0 heterocycles. The van der Waals surface area contributed by atoms with Crippen molar-refractivity contribution in [2.75, 3.05) is 18.8 Å². The van der Waals surface area contributed by atoms with E-state index in [1.54, 1.807) is 0 Å². The third-order valence-electron chi connectivity index (χ3n) is 3.26. The van der Waals surface area contributed by atoms with E-state index in [4.69, 9.17) is 4.55 Å². The Morgan fingerprint density at radius 3 is 2.06 bits per heavy atom. The Balaban J connectivity index is 3.80. The highest BCUT2D eigenvalue weighted by Crippen LogP contribution is 2.29. The Bertz CT molecular complexity index is 266. The molecule has 0 atom stereocenters. The Hall–Kier alpha value is 0.220. The van der Waals surface area contributed by atoms with E-state index in [1.165, 1.54) is 0 Å². The van der Waals surface area contributed by atoms with Gasteiger partial charge in [-0.2, -0.15) is 8.42 Å². The summed E-state index contributed by atoms with van der Waals surface area (Å²) in [5.74, 6) is 0.381. The average Bonchev–Trinajstić information content (AvgIpc) is 2.23. The molecular formula is C10H23NO3S2. The summed E-state index contributed by atoms with van der Waals surface area (Å²) in [6.45, 7) is 8.06. The van der Waals surface area contributed by atoms with Gasteiger partial charge in [-0.1, -0.05) is 20.8 Å². The zero-order valence-corrected chi connectivity index (χ0v) is 12.0. The molecule has 0 fully saturated rings. The Morgan fingerprint density at radius 1 is 1.19 bits per heavy atom. The van der Waals surface area contributed by atoms with Crippen LogP contribution in [0.5, 0.6) is 0 Å². The van der Waals surface area contributed by atoms with Gasteiger partial charge in [0.25, 0.3) is 0 Å². The first-order chi connectivity index (χ1) is 7.39. The monoisotopic (exact) mass is 269 g/mol. The van der Waals surface area contributed by atoms with Crippen molar-refractivity contribution in [3.05, 3.63) is 0 Å². The fourth-order valence-electron chi connectivity index (χ4n) is 1.70. The molecule has 0 saturated heterocycles. The van der Waals surface area contributed by atoms with E-state index in [9.17, 15) is 8.42 Å². The summed E-state index contributed by atoms with van der Waals surface area (Å²) in [5, 5.41) is 3.26. The van der Waals surface area contributed by atoms with Crippen LogP contribution in [0, 0.1) is 5.41 Å². The molecule has 0 unspecified atom stereocenters. The maximum Gasteiger partial charge on any atom is 0.319 e. The molecule has 0 saturated carbocycles. The number of hydrogen-bond acceptors (Lipinski definition) is 4. The molecule has 0 aliphatic rings. The summed E-state index contributed by atoms with van der Waals surface area (Å²) in [6.07, 6.45) is 3.37. The van der Waals surface area contributed by atoms with Crippen molar-refractivity contribution in [2.45, 2.75) is 40.0 Å². The molecule has 0 bridgehead atoms. The lowest BCUT2D eigenvalue weighted by atomic mass is 9.80. The fourth-order valence-corrected chi connectivity index (χ4v) is 3.02. The lowest BCUT2D eigenvalue weighted by Crippen LogP contribution is -2.34. The summed E-state index contributed by atoms with van der Waals surface area (Å²) in [5.41, 5.74) is 0.322. The second kappa shape index (κ2) is 7.53. The molecule has 0 aromatic carbocycles. The van der Waals surface area contributed by atoms with E-state index in [-0.39, 0.29) is 0 Å². The minimum absolute atomic E-state index is 0.322. The Morgan fingerprint density at radius 2 is 1.69 bits per heavy atom. The Labute approximate surface area is 103 Å². The molecular weight excluding hydrogens is 246 g/mol. The van der Waals surface area contributed by atoms with Gasteiger partial charge in [-0.25, -0.2) is 0 Å². The number of nitrogens with one attached hydrogen (secondary N) is 1. The summed E-state index contributed by atoms with van der Waals surface area (Å²) >= 11 is 0. The second-order valence-corrected chi connectivity index (χ2v) is 7.46. The molecule has 0 aliphatic heterocycles. The van der Waals surface area contributed by atoms with Gasteiger partial charge in [-0.3, -0.25) is 4.55 Å². The van der Waals surface area contributed by atoms with E-state index < -0.39 is 9.15 Å². The predicted molar refractivity (Wildman–Crippen MR) is 70.2 cm³/mol. The van der Waals surface area contributed by atoms with Gasteiger partial charge in [-0.15, -0.1) is 0 Å². The van der Waals surface area contributed by atoms with Gasteiger partial charge in [0, 0.05) is 18.8 Å². The molecule has 0 aromatic heterocycles. The molecule has 0 aromatic rings. The maximum absolute atomic E-state index is 10.5. The van der Waals surface area contributed by atoms with Crippen LogP contribution in [0.4, 0.5) is 0 Å². The van der Waals surface area contributed by atoms with Crippen molar-refractivity contribution in [3.8, 4) is 0 Å². The quantitative estimate of drug-likeness (QED) is 0.382. The summed E-state index contributed by atoms with van der Waals surface area (Å²) in [6, 6.07) is 0. The standard InChI is InChI=1S/C10H23NO3S2/c1-4-10(5-2,6-3)9-11-7-8-15-16(12,13)14/h11H,4-9H2,1-3H3,(H,12,13,14). The van der Waals surface area contributed by atoms with Crippen molar-refractivity contribution < 1.29 is 13.0 Å². The van der Waals surface area contributed by atoms with Crippen LogP contribution < -0.4 is 5.32 Å². The van der Waals surface area contributed by atoms with E-state index in [2.05, 4.69) is 26.1 Å². The van der Waals surface area contributed by atoms with Crippen molar-refractivity contribution in [2.24, 2.45) is 5.41 Å². The largest absolute Gasteiger partial charge is 0.319 e. The third-order valence-corrected chi connectivity index (χ3v) is 5.32. The highest BCUT2D eigenvalue weighted by atomic mass is 33.1. The van der Waals surface area contributed by atoms with Gasteiger partial charge in [0.2, 0.25) is 0 Å². The minimum atomic E-state index is -3.88. The van der Waals surface area contributed by atoms with Crippen LogP contribution in [0.1, 0.15) is 40.0 Å². The molecule has 2 N–H and O–H groups in total. The van der Waals surface area contributed by atoms with Gasteiger partial charge < -0.3 is 5.32 Å². The maximum atomic E-state index is 10.5. The van der Waals surface area contributed by atoms with Gasteiger partial charge in [0.15, 0.2) is 0 Å². The number of hydrogen-bond donors (Lipinski definition) is 2. The van der Waals surface area contributed by atoms with Gasteiger partial charge in [0.1, 0.15) is 0 Å². The normalized spacial score (nSPS) is 13.0. The first-order valence-corrected chi connectivity index (χ1v) is 8.66. The molecule has 0 radical (unpaired) electrons. The lowest BCUT2D eigenvalue weighted by Gasteiger charge is -2.30. The molecule has 0 rings (SSSR count). The Kier molecular flexibility index (Phi) is 7.63. The summed E-state index contributed by atoms with van der Waals surface area (Å²) < 4.78 is 29.4. The average molecular weight is 269 g/mol. The smallest absolute Gasteiger partial charge is 0.315 e. The van der Waals surface area contributed by atoms with Crippen LogP contribution in [-0.4, -0.2) is 31.8 Å². The van der Waals surface area contributed by atoms with Crippen molar-refractivity contribution in [3.63, 3.8) is 0 Å². The van der Waals surface area contributed by atoms with E-state index in [0.29, 0.717) is 28.5 Å². The van der Waals surface area contributed by atoms with Crippen LogP contribution in [0.15, 0.2) is 0 Å². The van der Waals surface area contributed by atoms with Crippen LogP contribution >= 0.6 is 10.8 Å². The van der Waals surface area contributed by atoms with Crippen LogP contribution in [-0.2, 0) is 9.15 Å². The number of rotatable bonds is 9. The zero-order valence-electron chi connectivity index (χ0n) is 10.3. The first kappa shape index (κ1) is 16.2. The molecule has 0 spiro atoms. The summed E-state index contributed by atoms with van der Waals surface area (Å²) in [7, 11) is -3.31. The molecule has 16 heavy (non-hydrogen) atoms. The fraction of sp³-hybridized carbons (Fsp3) is 1.00. The molecule has 0 amide bonds. The zero-order chi connectivity index (χ0) is 12.7. The van der Waals surface area contributed by atoms with Gasteiger partial charge in [0.05, 0.1) is 0 Å². The van der Waals surface area contributed by atoms with Crippen LogP contribution in [0.3, 0.4) is 0 Å². The van der Waals surface area contributed by atoms with Crippen LogP contribution in [0.2, 0.25) is 0 Å². The molecule has 98 valence electrons. The summed E-state index contributed by atoms with van der Waals surface area (Å²) in [4.78, 5) is 0. The van der Waals surface area contributed by atoms with E-state index in [1.807, 2.05) is 0 Å². The van der Waals surface area contributed by atoms with Crippen molar-refractivity contribution >= 4 is 19.9 Å².